The summed E-state index contributed by atoms with van der Waals surface area (Å²) in [6.45, 7) is 4.57. The molecule has 2 aliphatic rings. The van der Waals surface area contributed by atoms with Gasteiger partial charge in [0, 0.05) is 11.0 Å². The molecule has 0 unspecified atom stereocenters. The van der Waals surface area contributed by atoms with Gasteiger partial charge in [0.25, 0.3) is 0 Å². The van der Waals surface area contributed by atoms with Gasteiger partial charge in [-0.25, -0.2) is 0 Å². The average molecular weight is 215 g/mol. The zero-order valence-electron chi connectivity index (χ0n) is 10.3. The van der Waals surface area contributed by atoms with Gasteiger partial charge in [-0.05, 0) is 42.7 Å². The van der Waals surface area contributed by atoms with Gasteiger partial charge in [0.15, 0.2) is 0 Å². The zero-order valence-corrected chi connectivity index (χ0v) is 10.3. The number of hydrogen-bond donors (Lipinski definition) is 1. The fourth-order valence-electron chi connectivity index (χ4n) is 3.21. The molecule has 0 bridgehead atoms. The predicted molar refractivity (Wildman–Crippen MR) is 67.6 cm³/mol. The lowest BCUT2D eigenvalue weighted by Gasteiger charge is -2.27. The smallest absolute Gasteiger partial charge is 0.0253 e. The van der Waals surface area contributed by atoms with Crippen LogP contribution in [0.4, 0.5) is 0 Å². The Morgan fingerprint density at radius 3 is 2.19 bits per heavy atom. The highest BCUT2D eigenvalue weighted by Crippen LogP contribution is 2.64. The van der Waals surface area contributed by atoms with Crippen LogP contribution in [0.5, 0.6) is 0 Å². The molecule has 0 aliphatic heterocycles. The van der Waals surface area contributed by atoms with Gasteiger partial charge in [0.1, 0.15) is 0 Å². The predicted octanol–water partition coefficient (Wildman–Crippen LogP) is 3.33. The molecule has 0 spiro atoms. The summed E-state index contributed by atoms with van der Waals surface area (Å²) in [5.41, 5.74) is 10.0. The van der Waals surface area contributed by atoms with E-state index in [0.717, 1.165) is 0 Å². The second-order valence-electron chi connectivity index (χ2n) is 5.98. The molecule has 1 nitrogen and oxygen atoms in total. The van der Waals surface area contributed by atoms with Gasteiger partial charge >= 0.3 is 0 Å². The van der Waals surface area contributed by atoms with Crippen LogP contribution in [0.2, 0.25) is 0 Å². The van der Waals surface area contributed by atoms with Gasteiger partial charge in [0.05, 0.1) is 0 Å². The molecule has 2 fully saturated rings. The molecule has 2 saturated carbocycles. The van der Waals surface area contributed by atoms with Crippen LogP contribution in [0.15, 0.2) is 24.3 Å². The molecule has 0 amide bonds. The van der Waals surface area contributed by atoms with Gasteiger partial charge in [-0.2, -0.15) is 0 Å². The van der Waals surface area contributed by atoms with Crippen molar-refractivity contribution in [2.75, 3.05) is 0 Å². The molecule has 2 aliphatic carbocycles. The van der Waals surface area contributed by atoms with E-state index in [-0.39, 0.29) is 5.54 Å². The Bertz CT molecular complexity index is 411. The Hall–Kier alpha value is -0.820. The average Bonchev–Trinajstić information content (AvgIpc) is 3.13. The van der Waals surface area contributed by atoms with Crippen molar-refractivity contribution in [2.45, 2.75) is 56.4 Å². The summed E-state index contributed by atoms with van der Waals surface area (Å²) < 4.78 is 0. The monoisotopic (exact) mass is 215 g/mol. The van der Waals surface area contributed by atoms with E-state index in [9.17, 15) is 0 Å². The van der Waals surface area contributed by atoms with E-state index in [4.69, 9.17) is 5.73 Å². The minimum Gasteiger partial charge on any atom is -0.324 e. The Kier molecular flexibility index (Phi) is 2.00. The molecule has 0 aromatic heterocycles. The zero-order chi connectivity index (χ0) is 11.4. The summed E-state index contributed by atoms with van der Waals surface area (Å²) in [6.07, 6.45) is 5.04. The van der Waals surface area contributed by atoms with Crippen LogP contribution < -0.4 is 5.73 Å². The van der Waals surface area contributed by atoms with E-state index in [2.05, 4.69) is 38.1 Å². The van der Waals surface area contributed by atoms with Crippen LogP contribution in [0.3, 0.4) is 0 Å². The van der Waals surface area contributed by atoms with Gasteiger partial charge in [-0.1, -0.05) is 38.1 Å². The molecule has 2 N–H and O–H groups in total. The van der Waals surface area contributed by atoms with Crippen molar-refractivity contribution in [3.8, 4) is 0 Å². The standard InChI is InChI=1S/C15H21N/c1-11(2)12-5-3-4-6-13(12)14(7-8-14)15(16)9-10-15/h3-6,11H,7-10,16H2,1-2H3. The summed E-state index contributed by atoms with van der Waals surface area (Å²) >= 11 is 0. The summed E-state index contributed by atoms with van der Waals surface area (Å²) in [5.74, 6) is 0.607. The quantitative estimate of drug-likeness (QED) is 0.822. The molecule has 1 aromatic carbocycles. The van der Waals surface area contributed by atoms with Crippen LogP contribution in [0.1, 0.15) is 56.6 Å². The second kappa shape index (κ2) is 3.10. The Labute approximate surface area is 98.0 Å². The van der Waals surface area contributed by atoms with Crippen molar-refractivity contribution < 1.29 is 0 Å². The minimum atomic E-state index is 0.137. The molecule has 1 aromatic rings. The number of rotatable bonds is 3. The van der Waals surface area contributed by atoms with Crippen LogP contribution >= 0.6 is 0 Å². The normalized spacial score (nSPS) is 24.5. The summed E-state index contributed by atoms with van der Waals surface area (Å²) in [4.78, 5) is 0. The lowest BCUT2D eigenvalue weighted by Crippen LogP contribution is -2.38. The van der Waals surface area contributed by atoms with Crippen molar-refractivity contribution in [2.24, 2.45) is 5.73 Å². The highest BCUT2D eigenvalue weighted by Gasteiger charge is 2.64. The number of hydrogen-bond acceptors (Lipinski definition) is 1. The molecule has 86 valence electrons. The van der Waals surface area contributed by atoms with Crippen LogP contribution in [-0.4, -0.2) is 5.54 Å². The van der Waals surface area contributed by atoms with E-state index in [1.165, 1.54) is 31.2 Å². The van der Waals surface area contributed by atoms with E-state index < -0.39 is 0 Å². The van der Waals surface area contributed by atoms with E-state index in [1.54, 1.807) is 5.56 Å². The van der Waals surface area contributed by atoms with E-state index in [0.29, 0.717) is 11.3 Å². The third-order valence-electron chi connectivity index (χ3n) is 4.59. The molecule has 0 atom stereocenters. The molecule has 0 heterocycles. The van der Waals surface area contributed by atoms with Gasteiger partial charge in [-0.3, -0.25) is 0 Å². The van der Waals surface area contributed by atoms with Crippen LogP contribution in [-0.2, 0) is 5.41 Å². The number of benzene rings is 1. The first kappa shape index (κ1) is 10.3. The molecule has 0 saturated heterocycles. The van der Waals surface area contributed by atoms with Crippen molar-refractivity contribution in [1.29, 1.82) is 0 Å². The van der Waals surface area contributed by atoms with Crippen molar-refractivity contribution in [3.63, 3.8) is 0 Å². The summed E-state index contributed by atoms with van der Waals surface area (Å²) in [5, 5.41) is 0. The maximum Gasteiger partial charge on any atom is 0.0253 e. The molecular formula is C15H21N. The second-order valence-corrected chi connectivity index (χ2v) is 5.98. The minimum absolute atomic E-state index is 0.137. The maximum absolute atomic E-state index is 6.49. The van der Waals surface area contributed by atoms with Crippen LogP contribution in [0.25, 0.3) is 0 Å². The lowest BCUT2D eigenvalue weighted by molar-refractivity contribution is 0.497. The molecule has 3 rings (SSSR count). The van der Waals surface area contributed by atoms with Crippen molar-refractivity contribution >= 4 is 0 Å². The Morgan fingerprint density at radius 1 is 1.06 bits per heavy atom. The lowest BCUT2D eigenvalue weighted by atomic mass is 9.81. The molecule has 1 heteroatoms. The topological polar surface area (TPSA) is 26.0 Å². The first-order valence-corrected chi connectivity index (χ1v) is 6.47. The largest absolute Gasteiger partial charge is 0.324 e. The SMILES string of the molecule is CC(C)c1ccccc1C1(C2(N)CC2)CC1. The molecule has 0 radical (unpaired) electrons. The Balaban J connectivity index is 2.07. The first-order chi connectivity index (χ1) is 7.59. The summed E-state index contributed by atoms with van der Waals surface area (Å²) in [7, 11) is 0. The summed E-state index contributed by atoms with van der Waals surface area (Å²) in [6, 6.07) is 8.93. The third kappa shape index (κ3) is 1.27. The Morgan fingerprint density at radius 2 is 1.69 bits per heavy atom. The van der Waals surface area contributed by atoms with E-state index in [1.807, 2.05) is 0 Å². The fraction of sp³-hybridized carbons (Fsp3) is 0.600. The highest BCUT2D eigenvalue weighted by molar-refractivity contribution is 5.46. The van der Waals surface area contributed by atoms with Gasteiger partial charge < -0.3 is 5.73 Å². The highest BCUT2D eigenvalue weighted by atomic mass is 14.9. The molecule has 16 heavy (non-hydrogen) atoms. The van der Waals surface area contributed by atoms with Gasteiger partial charge in [0.2, 0.25) is 0 Å². The first-order valence-electron chi connectivity index (χ1n) is 6.47. The number of nitrogens with two attached hydrogens (primary N) is 1. The van der Waals surface area contributed by atoms with Crippen LogP contribution in [0, 0.1) is 0 Å². The fourth-order valence-corrected chi connectivity index (χ4v) is 3.21. The van der Waals surface area contributed by atoms with Gasteiger partial charge in [-0.15, -0.1) is 0 Å². The third-order valence-corrected chi connectivity index (χ3v) is 4.59. The van der Waals surface area contributed by atoms with Crippen molar-refractivity contribution in [3.05, 3.63) is 35.4 Å². The van der Waals surface area contributed by atoms with Crippen molar-refractivity contribution in [1.82, 2.24) is 0 Å². The van der Waals surface area contributed by atoms with E-state index >= 15 is 0 Å². The molecular weight excluding hydrogens is 194 g/mol. The maximum atomic E-state index is 6.49.